The van der Waals surface area contributed by atoms with Crippen molar-refractivity contribution in [3.05, 3.63) is 59.9 Å². The van der Waals surface area contributed by atoms with Crippen molar-refractivity contribution in [2.24, 2.45) is 0 Å². The Morgan fingerprint density at radius 3 is 2.53 bits per heavy atom. The molecule has 1 amide bonds. The van der Waals surface area contributed by atoms with Gasteiger partial charge < -0.3 is 15.1 Å². The molecular formula is C24H27FN4O. The minimum Gasteiger partial charge on any atom is -0.378 e. The van der Waals surface area contributed by atoms with E-state index in [2.05, 4.69) is 15.2 Å². The van der Waals surface area contributed by atoms with Gasteiger partial charge in [0.15, 0.2) is 0 Å². The van der Waals surface area contributed by atoms with Gasteiger partial charge in [0, 0.05) is 43.8 Å². The van der Waals surface area contributed by atoms with E-state index >= 15 is 0 Å². The number of anilines is 1. The number of nitrogens with one attached hydrogen (secondary N) is 1. The number of nitrogens with zero attached hydrogens (tertiary/aromatic N) is 3. The fourth-order valence-corrected chi connectivity index (χ4v) is 3.89. The molecular weight excluding hydrogens is 379 g/mol. The second kappa shape index (κ2) is 8.79. The van der Waals surface area contributed by atoms with Gasteiger partial charge >= 0.3 is 0 Å². The van der Waals surface area contributed by atoms with Crippen molar-refractivity contribution in [1.29, 1.82) is 0 Å². The molecule has 0 radical (unpaired) electrons. The van der Waals surface area contributed by atoms with E-state index in [0.29, 0.717) is 28.7 Å². The summed E-state index contributed by atoms with van der Waals surface area (Å²) < 4.78 is 13.9. The van der Waals surface area contributed by atoms with Crippen molar-refractivity contribution in [1.82, 2.24) is 15.2 Å². The van der Waals surface area contributed by atoms with Crippen LogP contribution in [0.3, 0.4) is 0 Å². The van der Waals surface area contributed by atoms with Gasteiger partial charge in [-0.3, -0.25) is 4.79 Å². The average Bonchev–Trinajstić information content (AvgIpc) is 3.26. The number of hydrogen-bond acceptors (Lipinski definition) is 4. The highest BCUT2D eigenvalue weighted by atomic mass is 19.1. The lowest BCUT2D eigenvalue weighted by molar-refractivity contribution is 0.0951. The molecule has 1 fully saturated rings. The molecule has 0 unspecified atom stereocenters. The molecule has 0 atom stereocenters. The Labute approximate surface area is 176 Å². The maximum absolute atomic E-state index is 13.9. The monoisotopic (exact) mass is 406 g/mol. The van der Waals surface area contributed by atoms with Crippen molar-refractivity contribution in [2.75, 3.05) is 45.2 Å². The topological polar surface area (TPSA) is 48.5 Å². The Morgan fingerprint density at radius 2 is 1.83 bits per heavy atom. The first-order valence-electron chi connectivity index (χ1n) is 10.4. The second-order valence-corrected chi connectivity index (χ2v) is 7.96. The molecule has 6 heteroatoms. The molecule has 1 saturated heterocycles. The van der Waals surface area contributed by atoms with Crippen molar-refractivity contribution in [3.63, 3.8) is 0 Å². The molecule has 3 aromatic rings. The Kier molecular flexibility index (Phi) is 5.95. The van der Waals surface area contributed by atoms with Crippen LogP contribution in [0.1, 0.15) is 23.2 Å². The van der Waals surface area contributed by atoms with Crippen LogP contribution in [0.5, 0.6) is 0 Å². The number of likely N-dealkylation sites (tertiary alicyclic amines) is 1. The molecule has 0 bridgehead atoms. The number of carbonyl (C=O) groups is 1. The minimum absolute atomic E-state index is 0.196. The minimum atomic E-state index is -0.376. The summed E-state index contributed by atoms with van der Waals surface area (Å²) in [5.41, 5.74) is 3.76. The molecule has 2 heterocycles. The Balaban J connectivity index is 1.64. The van der Waals surface area contributed by atoms with E-state index in [1.165, 1.54) is 25.0 Å². The largest absolute Gasteiger partial charge is 0.378 e. The zero-order chi connectivity index (χ0) is 21.1. The molecule has 1 aliphatic heterocycles. The molecule has 0 spiro atoms. The number of aromatic nitrogens is 1. The zero-order valence-electron chi connectivity index (χ0n) is 17.5. The van der Waals surface area contributed by atoms with Gasteiger partial charge in [-0.2, -0.15) is 0 Å². The molecule has 1 N–H and O–H groups in total. The van der Waals surface area contributed by atoms with Crippen LogP contribution in [-0.2, 0) is 0 Å². The van der Waals surface area contributed by atoms with Crippen LogP contribution >= 0.6 is 0 Å². The van der Waals surface area contributed by atoms with Gasteiger partial charge in [0.2, 0.25) is 0 Å². The van der Waals surface area contributed by atoms with Gasteiger partial charge in [0.25, 0.3) is 5.91 Å². The first-order valence-corrected chi connectivity index (χ1v) is 10.4. The van der Waals surface area contributed by atoms with E-state index in [1.54, 1.807) is 12.1 Å². The lowest BCUT2D eigenvalue weighted by Crippen LogP contribution is -2.33. The van der Waals surface area contributed by atoms with Gasteiger partial charge in [0.1, 0.15) is 5.82 Å². The van der Waals surface area contributed by atoms with Crippen LogP contribution in [0.25, 0.3) is 22.2 Å². The maximum atomic E-state index is 13.9. The van der Waals surface area contributed by atoms with Gasteiger partial charge in [-0.1, -0.05) is 12.1 Å². The number of rotatable bonds is 6. The van der Waals surface area contributed by atoms with E-state index in [4.69, 9.17) is 0 Å². The van der Waals surface area contributed by atoms with Crippen molar-refractivity contribution in [2.45, 2.75) is 12.8 Å². The average molecular weight is 407 g/mol. The van der Waals surface area contributed by atoms with Gasteiger partial charge in [-0.25, -0.2) is 9.37 Å². The van der Waals surface area contributed by atoms with Gasteiger partial charge in [-0.05, 0) is 62.3 Å². The van der Waals surface area contributed by atoms with E-state index in [1.807, 2.05) is 43.3 Å². The Bertz CT molecular complexity index is 1040. The van der Waals surface area contributed by atoms with Crippen LogP contribution < -0.4 is 10.2 Å². The molecule has 1 aromatic heterocycles. The maximum Gasteiger partial charge on any atom is 0.252 e. The smallest absolute Gasteiger partial charge is 0.252 e. The molecule has 0 aliphatic carbocycles. The number of amides is 1. The normalized spacial score (nSPS) is 14.2. The summed E-state index contributed by atoms with van der Waals surface area (Å²) in [4.78, 5) is 22.0. The summed E-state index contributed by atoms with van der Waals surface area (Å²) in [7, 11) is 3.98. The van der Waals surface area contributed by atoms with Crippen LogP contribution in [0, 0.1) is 5.82 Å². The van der Waals surface area contributed by atoms with Gasteiger partial charge in [-0.15, -0.1) is 0 Å². The van der Waals surface area contributed by atoms with Crippen LogP contribution in [-0.4, -0.2) is 56.1 Å². The number of fused-ring (bicyclic) bond motifs is 1. The third-order valence-corrected chi connectivity index (χ3v) is 5.61. The van der Waals surface area contributed by atoms with E-state index in [9.17, 15) is 9.18 Å². The molecule has 30 heavy (non-hydrogen) atoms. The number of halogens is 1. The number of pyridine rings is 1. The van der Waals surface area contributed by atoms with Crippen LogP contribution in [0.2, 0.25) is 0 Å². The van der Waals surface area contributed by atoms with Crippen molar-refractivity contribution < 1.29 is 9.18 Å². The summed E-state index contributed by atoms with van der Waals surface area (Å²) in [5.74, 6) is -0.572. The second-order valence-electron chi connectivity index (χ2n) is 7.96. The standard InChI is InChI=1S/C24H27FN4O/c1-28(2)19-8-5-17(6-9-19)23-16-21(20-15-18(25)7-10-22(20)27-23)24(30)26-11-14-29-12-3-4-13-29/h5-10,15-16H,3-4,11-14H2,1-2H3,(H,26,30). The Hall–Kier alpha value is -2.99. The highest BCUT2D eigenvalue weighted by molar-refractivity contribution is 6.07. The lowest BCUT2D eigenvalue weighted by atomic mass is 10.0. The van der Waals surface area contributed by atoms with Crippen LogP contribution in [0.4, 0.5) is 10.1 Å². The number of benzene rings is 2. The quantitative estimate of drug-likeness (QED) is 0.674. The first-order chi connectivity index (χ1) is 14.5. The number of carbonyl (C=O) groups excluding carboxylic acids is 1. The third-order valence-electron chi connectivity index (χ3n) is 5.61. The summed E-state index contributed by atoms with van der Waals surface area (Å²) in [6.07, 6.45) is 2.44. The van der Waals surface area contributed by atoms with E-state index in [0.717, 1.165) is 30.9 Å². The molecule has 2 aromatic carbocycles. The highest BCUT2D eigenvalue weighted by Gasteiger charge is 2.16. The lowest BCUT2D eigenvalue weighted by Gasteiger charge is -2.16. The van der Waals surface area contributed by atoms with Crippen molar-refractivity contribution >= 4 is 22.5 Å². The van der Waals surface area contributed by atoms with E-state index < -0.39 is 0 Å². The predicted molar refractivity (Wildman–Crippen MR) is 119 cm³/mol. The summed E-state index contributed by atoms with van der Waals surface area (Å²) >= 11 is 0. The highest BCUT2D eigenvalue weighted by Crippen LogP contribution is 2.27. The van der Waals surface area contributed by atoms with E-state index in [-0.39, 0.29) is 11.7 Å². The summed E-state index contributed by atoms with van der Waals surface area (Å²) in [6.45, 7) is 3.59. The SMILES string of the molecule is CN(C)c1ccc(-c2cc(C(=O)NCCN3CCCC3)c3cc(F)ccc3n2)cc1. The molecule has 1 aliphatic rings. The van der Waals surface area contributed by atoms with Gasteiger partial charge in [0.05, 0.1) is 16.8 Å². The molecule has 0 saturated carbocycles. The summed E-state index contributed by atoms with van der Waals surface area (Å²) in [6, 6.07) is 14.2. The van der Waals surface area contributed by atoms with Crippen LogP contribution in [0.15, 0.2) is 48.5 Å². The Morgan fingerprint density at radius 1 is 1.10 bits per heavy atom. The molecule has 156 valence electrons. The fraction of sp³-hybridized carbons (Fsp3) is 0.333. The van der Waals surface area contributed by atoms with Crippen molar-refractivity contribution in [3.8, 4) is 11.3 Å². The first kappa shape index (κ1) is 20.3. The molecule has 4 rings (SSSR count). The number of hydrogen-bond donors (Lipinski definition) is 1. The third kappa shape index (κ3) is 4.44. The predicted octanol–water partition coefficient (Wildman–Crippen LogP) is 3.93. The fourth-order valence-electron chi connectivity index (χ4n) is 3.89. The molecule has 5 nitrogen and oxygen atoms in total. The summed E-state index contributed by atoms with van der Waals surface area (Å²) in [5, 5.41) is 3.53. The zero-order valence-corrected chi connectivity index (χ0v) is 17.5.